The van der Waals surface area contributed by atoms with E-state index in [1.165, 1.54) is 11.8 Å². The van der Waals surface area contributed by atoms with Crippen molar-refractivity contribution >= 4 is 29.3 Å². The van der Waals surface area contributed by atoms with Crippen molar-refractivity contribution in [3.8, 4) is 5.75 Å². The molecule has 4 rings (SSSR count). The van der Waals surface area contributed by atoms with Gasteiger partial charge in [-0.2, -0.15) is 0 Å². The van der Waals surface area contributed by atoms with E-state index in [2.05, 4.69) is 0 Å². The third kappa shape index (κ3) is 4.21. The second-order valence-electron chi connectivity index (χ2n) is 6.89. The van der Waals surface area contributed by atoms with Gasteiger partial charge in [0, 0.05) is 18.4 Å². The van der Waals surface area contributed by atoms with E-state index in [1.807, 2.05) is 36.4 Å². The summed E-state index contributed by atoms with van der Waals surface area (Å²) < 4.78 is 16.0. The van der Waals surface area contributed by atoms with E-state index in [4.69, 9.17) is 13.9 Å². The average molecular weight is 423 g/mol. The molecule has 0 spiro atoms. The zero-order valence-corrected chi connectivity index (χ0v) is 17.5. The zero-order chi connectivity index (χ0) is 21.1. The number of thioether (sulfide) groups is 1. The van der Waals surface area contributed by atoms with Crippen molar-refractivity contribution in [3.63, 3.8) is 0 Å². The minimum atomic E-state index is -0.406. The first-order chi connectivity index (χ1) is 14.5. The quantitative estimate of drug-likeness (QED) is 0.550. The molecule has 1 unspecified atom stereocenters. The maximum Gasteiger partial charge on any atom is 0.338 e. The Hall–Kier alpha value is -3.19. The third-order valence-corrected chi connectivity index (χ3v) is 6.16. The Balaban J connectivity index is 1.47. The smallest absolute Gasteiger partial charge is 0.338 e. The topological polar surface area (TPSA) is 69.0 Å². The number of benzene rings is 2. The first-order valence-electron chi connectivity index (χ1n) is 9.46. The van der Waals surface area contributed by atoms with E-state index in [1.54, 1.807) is 43.5 Å². The minimum Gasteiger partial charge on any atom is -0.497 e. The van der Waals surface area contributed by atoms with E-state index in [0.717, 1.165) is 27.7 Å². The molecule has 0 aliphatic carbocycles. The van der Waals surface area contributed by atoms with Crippen LogP contribution in [0, 0.1) is 0 Å². The Morgan fingerprint density at radius 2 is 1.97 bits per heavy atom. The Kier molecular flexibility index (Phi) is 5.81. The molecule has 1 amide bonds. The van der Waals surface area contributed by atoms with Crippen LogP contribution in [0.3, 0.4) is 0 Å². The number of hydrogen-bond acceptors (Lipinski definition) is 6. The number of fused-ring (bicyclic) bond motifs is 1. The number of anilines is 1. The lowest BCUT2D eigenvalue weighted by atomic mass is 10.1. The lowest BCUT2D eigenvalue weighted by Gasteiger charge is -2.30. The van der Waals surface area contributed by atoms with E-state index in [-0.39, 0.29) is 17.8 Å². The molecular weight excluding hydrogens is 402 g/mol. The average Bonchev–Trinajstić information content (AvgIpc) is 3.28. The van der Waals surface area contributed by atoms with Gasteiger partial charge in [0.15, 0.2) is 0 Å². The van der Waals surface area contributed by atoms with E-state index in [0.29, 0.717) is 12.0 Å². The summed E-state index contributed by atoms with van der Waals surface area (Å²) in [6.45, 7) is 0.173. The van der Waals surface area contributed by atoms with Gasteiger partial charge in [0.05, 0.1) is 29.9 Å². The van der Waals surface area contributed by atoms with Gasteiger partial charge in [0.2, 0.25) is 5.91 Å². The SMILES string of the molecule is COc1ccc(COC(=O)c2ccc3c(c2)SC(Cc2ccco2)C(=O)N3C)cc1. The summed E-state index contributed by atoms with van der Waals surface area (Å²) in [6, 6.07) is 16.3. The second kappa shape index (κ2) is 8.67. The summed E-state index contributed by atoms with van der Waals surface area (Å²) in [4.78, 5) is 27.8. The van der Waals surface area contributed by atoms with Crippen molar-refractivity contribution in [1.29, 1.82) is 0 Å². The van der Waals surface area contributed by atoms with Crippen LogP contribution in [0.15, 0.2) is 70.2 Å². The van der Waals surface area contributed by atoms with Gasteiger partial charge in [-0.05, 0) is 48.0 Å². The molecule has 30 heavy (non-hydrogen) atoms. The monoisotopic (exact) mass is 423 g/mol. The van der Waals surface area contributed by atoms with Crippen LogP contribution in [0.2, 0.25) is 0 Å². The van der Waals surface area contributed by atoms with Crippen LogP contribution in [0.1, 0.15) is 21.7 Å². The summed E-state index contributed by atoms with van der Waals surface area (Å²) in [5.74, 6) is 1.11. The normalized spacial score (nSPS) is 15.6. The molecule has 0 radical (unpaired) electrons. The van der Waals surface area contributed by atoms with Crippen molar-refractivity contribution in [2.45, 2.75) is 23.2 Å². The van der Waals surface area contributed by atoms with Gasteiger partial charge in [-0.25, -0.2) is 4.79 Å². The lowest BCUT2D eigenvalue weighted by Crippen LogP contribution is -2.39. The standard InChI is InChI=1S/C23H21NO5S/c1-24-19-10-7-16(23(26)29-14-15-5-8-17(27-2)9-6-15)12-20(19)30-21(22(24)25)13-18-4-3-11-28-18/h3-12,21H,13-14H2,1-2H3. The summed E-state index contributed by atoms with van der Waals surface area (Å²) in [5, 5.41) is -0.306. The van der Waals surface area contributed by atoms with Crippen LogP contribution in [0.25, 0.3) is 0 Å². The summed E-state index contributed by atoms with van der Waals surface area (Å²) in [7, 11) is 3.35. The fraction of sp³-hybridized carbons (Fsp3) is 0.217. The number of rotatable bonds is 6. The van der Waals surface area contributed by atoms with Crippen molar-refractivity contribution in [3.05, 3.63) is 77.7 Å². The summed E-state index contributed by atoms with van der Waals surface area (Å²) in [6.07, 6.45) is 2.09. The first-order valence-corrected chi connectivity index (χ1v) is 10.3. The first kappa shape index (κ1) is 20.1. The molecule has 1 aliphatic heterocycles. The van der Waals surface area contributed by atoms with Crippen LogP contribution >= 0.6 is 11.8 Å². The zero-order valence-electron chi connectivity index (χ0n) is 16.7. The Labute approximate surface area is 178 Å². The van der Waals surface area contributed by atoms with Crippen LogP contribution in [0.5, 0.6) is 5.75 Å². The van der Waals surface area contributed by atoms with E-state index in [9.17, 15) is 9.59 Å². The predicted molar refractivity (Wildman–Crippen MR) is 114 cm³/mol. The number of esters is 1. The van der Waals surface area contributed by atoms with Gasteiger partial charge in [-0.1, -0.05) is 12.1 Å². The summed E-state index contributed by atoms with van der Waals surface area (Å²) in [5.41, 5.74) is 2.11. The molecular formula is C23H21NO5S. The van der Waals surface area contributed by atoms with Gasteiger partial charge in [0.1, 0.15) is 18.1 Å². The van der Waals surface area contributed by atoms with Crippen LogP contribution in [-0.4, -0.2) is 31.3 Å². The molecule has 1 aliphatic rings. The summed E-state index contributed by atoms with van der Waals surface area (Å²) >= 11 is 1.44. The van der Waals surface area contributed by atoms with Gasteiger partial charge in [-0.15, -0.1) is 11.8 Å². The predicted octanol–water partition coefficient (Wildman–Crippen LogP) is 4.33. The second-order valence-corrected chi connectivity index (χ2v) is 8.14. The molecule has 0 saturated heterocycles. The maximum absolute atomic E-state index is 12.7. The molecule has 0 N–H and O–H groups in total. The van der Waals surface area contributed by atoms with Crippen LogP contribution in [0.4, 0.5) is 5.69 Å². The van der Waals surface area contributed by atoms with Crippen LogP contribution < -0.4 is 9.64 Å². The fourth-order valence-electron chi connectivity index (χ4n) is 3.25. The van der Waals surface area contributed by atoms with Crippen LogP contribution in [-0.2, 0) is 22.6 Å². The highest BCUT2D eigenvalue weighted by atomic mass is 32.2. The minimum absolute atomic E-state index is 0.0127. The van der Waals surface area contributed by atoms with E-state index >= 15 is 0 Å². The number of nitrogens with zero attached hydrogens (tertiary/aromatic N) is 1. The fourth-order valence-corrected chi connectivity index (χ4v) is 4.58. The van der Waals surface area contributed by atoms with Gasteiger partial charge in [-0.3, -0.25) is 4.79 Å². The highest BCUT2D eigenvalue weighted by molar-refractivity contribution is 8.01. The number of hydrogen-bond donors (Lipinski definition) is 0. The number of ether oxygens (including phenoxy) is 2. The van der Waals surface area contributed by atoms with Gasteiger partial charge >= 0.3 is 5.97 Å². The number of carbonyl (C=O) groups excluding carboxylic acids is 2. The largest absolute Gasteiger partial charge is 0.497 e. The number of methoxy groups -OCH3 is 1. The molecule has 0 fully saturated rings. The molecule has 1 aromatic heterocycles. The molecule has 154 valence electrons. The van der Waals surface area contributed by atoms with E-state index < -0.39 is 5.97 Å². The molecule has 1 atom stereocenters. The number of furan rings is 1. The molecule has 3 aromatic rings. The Morgan fingerprint density at radius 3 is 2.67 bits per heavy atom. The molecule has 7 heteroatoms. The maximum atomic E-state index is 12.7. The van der Waals surface area contributed by atoms with Crippen molar-refractivity contribution in [2.75, 3.05) is 19.1 Å². The van der Waals surface area contributed by atoms with Crippen molar-refractivity contribution in [1.82, 2.24) is 0 Å². The Bertz CT molecular complexity index is 1050. The highest BCUT2D eigenvalue weighted by Gasteiger charge is 2.32. The lowest BCUT2D eigenvalue weighted by molar-refractivity contribution is -0.118. The number of amides is 1. The van der Waals surface area contributed by atoms with Gasteiger partial charge < -0.3 is 18.8 Å². The van der Waals surface area contributed by atoms with Gasteiger partial charge in [0.25, 0.3) is 0 Å². The molecule has 2 heterocycles. The van der Waals surface area contributed by atoms with Crippen molar-refractivity contribution in [2.24, 2.45) is 0 Å². The third-order valence-electron chi connectivity index (χ3n) is 4.93. The molecule has 6 nitrogen and oxygen atoms in total. The molecule has 0 saturated carbocycles. The Morgan fingerprint density at radius 1 is 1.17 bits per heavy atom. The molecule has 0 bridgehead atoms. The number of carbonyl (C=O) groups is 2. The van der Waals surface area contributed by atoms with Crippen molar-refractivity contribution < 1.29 is 23.5 Å². The molecule has 2 aromatic carbocycles. The highest BCUT2D eigenvalue weighted by Crippen LogP contribution is 2.40.